The number of aromatic carboxylic acids is 1. The van der Waals surface area contributed by atoms with Crippen LogP contribution in [-0.4, -0.2) is 70.2 Å². The minimum Gasteiger partial charge on any atom is -0.477 e. The second-order valence-electron chi connectivity index (χ2n) is 7.26. The first-order chi connectivity index (χ1) is 13.4. The van der Waals surface area contributed by atoms with Gasteiger partial charge in [-0.05, 0) is 32.4 Å². The summed E-state index contributed by atoms with van der Waals surface area (Å²) in [6.45, 7) is 6.61. The van der Waals surface area contributed by atoms with Crippen molar-refractivity contribution >= 4 is 29.0 Å². The number of ether oxygens (including phenoxy) is 1. The van der Waals surface area contributed by atoms with E-state index in [-0.39, 0.29) is 11.6 Å². The molecule has 0 aliphatic carbocycles. The van der Waals surface area contributed by atoms with Crippen LogP contribution in [0.4, 0.5) is 5.82 Å². The molecule has 2 aromatic heterocycles. The minimum absolute atomic E-state index is 0.00947. The molecule has 1 spiro atoms. The summed E-state index contributed by atoms with van der Waals surface area (Å²) in [4.78, 5) is 37.4. The Kier molecular flexibility index (Phi) is 4.80. The Morgan fingerprint density at radius 1 is 1.21 bits per heavy atom. The highest BCUT2D eigenvalue weighted by molar-refractivity contribution is 7.13. The molecule has 4 rings (SSSR count). The molecule has 2 aromatic rings. The number of aryl methyl sites for hydroxylation is 2. The number of pyridine rings is 1. The average Bonchev–Trinajstić information content (AvgIpc) is 3.24. The van der Waals surface area contributed by atoms with E-state index in [0.717, 1.165) is 17.1 Å². The second-order valence-corrected chi connectivity index (χ2v) is 8.47. The van der Waals surface area contributed by atoms with Crippen molar-refractivity contribution < 1.29 is 19.4 Å². The summed E-state index contributed by atoms with van der Waals surface area (Å²) in [5, 5.41) is 10.1. The van der Waals surface area contributed by atoms with Gasteiger partial charge >= 0.3 is 5.97 Å². The van der Waals surface area contributed by atoms with E-state index in [1.807, 2.05) is 23.6 Å². The number of morpholine rings is 1. The van der Waals surface area contributed by atoms with E-state index in [2.05, 4.69) is 9.97 Å². The fourth-order valence-corrected chi connectivity index (χ4v) is 4.78. The van der Waals surface area contributed by atoms with Crippen LogP contribution in [0.15, 0.2) is 18.2 Å². The molecule has 1 N–H and O–H groups in total. The van der Waals surface area contributed by atoms with E-state index in [1.165, 1.54) is 17.4 Å². The molecule has 1 atom stereocenters. The summed E-state index contributed by atoms with van der Waals surface area (Å²) >= 11 is 1.43. The average molecular weight is 402 g/mol. The number of nitrogens with zero attached hydrogens (tertiary/aromatic N) is 4. The zero-order valence-corrected chi connectivity index (χ0v) is 16.7. The highest BCUT2D eigenvalue weighted by Crippen LogP contribution is 2.33. The van der Waals surface area contributed by atoms with Crippen molar-refractivity contribution in [1.29, 1.82) is 0 Å². The molecule has 0 radical (unpaired) electrons. The fourth-order valence-electron chi connectivity index (χ4n) is 3.90. The van der Waals surface area contributed by atoms with E-state index < -0.39 is 11.6 Å². The molecule has 2 aliphatic rings. The molecular formula is C19H22N4O4S. The Balaban J connectivity index is 1.50. The molecule has 28 heavy (non-hydrogen) atoms. The van der Waals surface area contributed by atoms with Crippen molar-refractivity contribution in [3.05, 3.63) is 39.5 Å². The van der Waals surface area contributed by atoms with Gasteiger partial charge in [0.15, 0.2) is 5.69 Å². The number of anilines is 1. The summed E-state index contributed by atoms with van der Waals surface area (Å²) in [5.41, 5.74) is 0.342. The first-order valence-electron chi connectivity index (χ1n) is 9.19. The molecule has 2 aliphatic heterocycles. The van der Waals surface area contributed by atoms with Crippen LogP contribution < -0.4 is 4.90 Å². The lowest BCUT2D eigenvalue weighted by Gasteiger charge is -2.40. The summed E-state index contributed by atoms with van der Waals surface area (Å²) in [5.74, 6) is -0.412. The van der Waals surface area contributed by atoms with Crippen molar-refractivity contribution in [3.8, 4) is 0 Å². The first kappa shape index (κ1) is 18.8. The van der Waals surface area contributed by atoms with Gasteiger partial charge in [0.25, 0.3) is 5.91 Å². The standard InChI is InChI=1S/C19H22N4O4S/c1-12-16(28-13(2)20-12)17(24)23-8-9-27-19(11-23)6-7-22(10-19)15-5-3-4-14(21-15)18(25)26/h3-5H,6-11H2,1-2H3,(H,25,26). The number of hydrogen-bond acceptors (Lipinski definition) is 7. The maximum absolute atomic E-state index is 13.0. The lowest BCUT2D eigenvalue weighted by molar-refractivity contribution is -0.0855. The number of aromatic nitrogens is 2. The molecule has 9 heteroatoms. The Hall–Kier alpha value is -2.52. The minimum atomic E-state index is -1.04. The van der Waals surface area contributed by atoms with Crippen molar-refractivity contribution in [2.45, 2.75) is 25.9 Å². The Morgan fingerprint density at radius 3 is 2.75 bits per heavy atom. The summed E-state index contributed by atoms with van der Waals surface area (Å²) in [7, 11) is 0. The Labute approximate surface area is 166 Å². The molecule has 0 bridgehead atoms. The van der Waals surface area contributed by atoms with Crippen LogP contribution in [0.3, 0.4) is 0 Å². The summed E-state index contributed by atoms with van der Waals surface area (Å²) in [6.07, 6.45) is 0.760. The Morgan fingerprint density at radius 2 is 2.04 bits per heavy atom. The van der Waals surface area contributed by atoms with E-state index in [0.29, 0.717) is 43.5 Å². The molecular weight excluding hydrogens is 380 g/mol. The van der Waals surface area contributed by atoms with Gasteiger partial charge in [0.2, 0.25) is 0 Å². The number of carboxylic acids is 1. The van der Waals surface area contributed by atoms with Gasteiger partial charge in [-0.3, -0.25) is 4.79 Å². The second kappa shape index (κ2) is 7.14. The van der Waals surface area contributed by atoms with Gasteiger partial charge in [0.1, 0.15) is 16.3 Å². The monoisotopic (exact) mass is 402 g/mol. The first-order valence-corrected chi connectivity index (χ1v) is 10.0. The van der Waals surface area contributed by atoms with Crippen LogP contribution in [0, 0.1) is 13.8 Å². The van der Waals surface area contributed by atoms with Crippen LogP contribution in [0.2, 0.25) is 0 Å². The van der Waals surface area contributed by atoms with E-state index in [4.69, 9.17) is 9.84 Å². The van der Waals surface area contributed by atoms with Gasteiger partial charge in [-0.25, -0.2) is 14.8 Å². The van der Waals surface area contributed by atoms with Gasteiger partial charge in [-0.1, -0.05) is 6.07 Å². The van der Waals surface area contributed by atoms with Gasteiger partial charge in [0, 0.05) is 13.1 Å². The molecule has 8 nitrogen and oxygen atoms in total. The number of amides is 1. The maximum Gasteiger partial charge on any atom is 0.354 e. The zero-order chi connectivity index (χ0) is 19.9. The van der Waals surface area contributed by atoms with Gasteiger partial charge in [-0.2, -0.15) is 0 Å². The smallest absolute Gasteiger partial charge is 0.354 e. The normalized spacial score (nSPS) is 22.1. The van der Waals surface area contributed by atoms with Crippen LogP contribution in [0.25, 0.3) is 0 Å². The van der Waals surface area contributed by atoms with Crippen LogP contribution >= 0.6 is 11.3 Å². The number of carbonyl (C=O) groups excluding carboxylic acids is 1. The topological polar surface area (TPSA) is 95.9 Å². The third kappa shape index (κ3) is 3.47. The lowest BCUT2D eigenvalue weighted by Crippen LogP contribution is -2.55. The van der Waals surface area contributed by atoms with E-state index >= 15 is 0 Å². The predicted octanol–water partition coefficient (Wildman–Crippen LogP) is 1.97. The molecule has 0 saturated carbocycles. The van der Waals surface area contributed by atoms with Crippen LogP contribution in [-0.2, 0) is 4.74 Å². The van der Waals surface area contributed by atoms with Gasteiger partial charge < -0.3 is 19.6 Å². The third-order valence-corrected chi connectivity index (χ3v) is 6.29. The van der Waals surface area contributed by atoms with E-state index in [1.54, 1.807) is 12.1 Å². The zero-order valence-electron chi connectivity index (χ0n) is 15.8. The van der Waals surface area contributed by atoms with Crippen molar-refractivity contribution in [2.75, 3.05) is 37.7 Å². The number of hydrogen-bond donors (Lipinski definition) is 1. The van der Waals surface area contributed by atoms with Crippen molar-refractivity contribution in [3.63, 3.8) is 0 Å². The highest BCUT2D eigenvalue weighted by atomic mass is 32.1. The molecule has 2 saturated heterocycles. The third-order valence-electron chi connectivity index (χ3n) is 5.23. The molecule has 0 aromatic carbocycles. The van der Waals surface area contributed by atoms with Crippen LogP contribution in [0.5, 0.6) is 0 Å². The Bertz CT molecular complexity index is 930. The number of carbonyl (C=O) groups is 2. The number of thiazole rings is 1. The lowest BCUT2D eigenvalue weighted by atomic mass is 10.0. The van der Waals surface area contributed by atoms with E-state index in [9.17, 15) is 9.59 Å². The SMILES string of the molecule is Cc1nc(C)c(C(=O)N2CCOC3(CCN(c4cccc(C(=O)O)n4)C3)C2)s1. The maximum atomic E-state index is 13.0. The fraction of sp³-hybridized carbons (Fsp3) is 0.474. The number of rotatable bonds is 3. The highest BCUT2D eigenvalue weighted by Gasteiger charge is 2.44. The molecule has 1 amide bonds. The largest absolute Gasteiger partial charge is 0.477 e. The van der Waals surface area contributed by atoms with Gasteiger partial charge in [-0.15, -0.1) is 11.3 Å². The predicted molar refractivity (Wildman–Crippen MR) is 104 cm³/mol. The summed E-state index contributed by atoms with van der Waals surface area (Å²) < 4.78 is 6.12. The van der Waals surface area contributed by atoms with Crippen LogP contribution in [0.1, 0.15) is 37.3 Å². The molecule has 2 fully saturated rings. The van der Waals surface area contributed by atoms with Crippen molar-refractivity contribution in [1.82, 2.24) is 14.9 Å². The van der Waals surface area contributed by atoms with Gasteiger partial charge in [0.05, 0.1) is 30.4 Å². The summed E-state index contributed by atoms with van der Waals surface area (Å²) in [6, 6.07) is 4.98. The molecule has 4 heterocycles. The van der Waals surface area contributed by atoms with Crippen molar-refractivity contribution in [2.24, 2.45) is 0 Å². The number of carboxylic acid groups (broad SMARTS) is 1. The molecule has 1 unspecified atom stereocenters. The molecule has 148 valence electrons. The quantitative estimate of drug-likeness (QED) is 0.838.